The lowest BCUT2D eigenvalue weighted by Gasteiger charge is -2.17. The van der Waals surface area contributed by atoms with Gasteiger partial charge in [0.25, 0.3) is 0 Å². The molecule has 0 aromatic carbocycles. The molecule has 0 spiro atoms. The van der Waals surface area contributed by atoms with E-state index in [-0.39, 0.29) is 0 Å². The molecule has 1 aromatic rings. The monoisotopic (exact) mass is 289 g/mol. The SMILES string of the molecule is C[C@H]1CCc2c(sc(NC(=O)/C=C/C(=O)[O-])c2C#N)C1. The van der Waals surface area contributed by atoms with E-state index in [0.29, 0.717) is 22.6 Å². The summed E-state index contributed by atoms with van der Waals surface area (Å²) in [6, 6.07) is 2.13. The van der Waals surface area contributed by atoms with Crippen molar-refractivity contribution in [3.05, 3.63) is 28.2 Å². The molecule has 0 saturated carbocycles. The van der Waals surface area contributed by atoms with E-state index >= 15 is 0 Å². The summed E-state index contributed by atoms with van der Waals surface area (Å²) in [4.78, 5) is 23.0. The van der Waals surface area contributed by atoms with Gasteiger partial charge in [0.2, 0.25) is 5.91 Å². The van der Waals surface area contributed by atoms with Crippen molar-refractivity contribution in [2.45, 2.75) is 26.2 Å². The molecule has 0 aliphatic heterocycles. The van der Waals surface area contributed by atoms with Gasteiger partial charge in [0.1, 0.15) is 11.1 Å². The predicted molar refractivity (Wildman–Crippen MR) is 73.0 cm³/mol. The van der Waals surface area contributed by atoms with Crippen LogP contribution in [0.2, 0.25) is 0 Å². The van der Waals surface area contributed by atoms with Crippen molar-refractivity contribution in [1.82, 2.24) is 0 Å². The number of nitriles is 1. The molecular formula is C14H13N2O3S-. The molecule has 2 rings (SSSR count). The highest BCUT2D eigenvalue weighted by Gasteiger charge is 2.24. The lowest BCUT2D eigenvalue weighted by Crippen LogP contribution is -2.20. The molecule has 0 unspecified atom stereocenters. The van der Waals surface area contributed by atoms with Gasteiger partial charge in [-0.05, 0) is 36.8 Å². The van der Waals surface area contributed by atoms with Crippen molar-refractivity contribution < 1.29 is 14.7 Å². The van der Waals surface area contributed by atoms with E-state index in [9.17, 15) is 20.0 Å². The Labute approximate surface area is 120 Å². The minimum absolute atomic E-state index is 0.500. The first-order chi connectivity index (χ1) is 9.51. The number of nitrogens with one attached hydrogen (secondary N) is 1. The summed E-state index contributed by atoms with van der Waals surface area (Å²) >= 11 is 1.40. The molecule has 0 radical (unpaired) electrons. The fourth-order valence-electron chi connectivity index (χ4n) is 2.25. The summed E-state index contributed by atoms with van der Waals surface area (Å²) in [6.45, 7) is 2.16. The highest BCUT2D eigenvalue weighted by molar-refractivity contribution is 7.16. The lowest BCUT2D eigenvalue weighted by molar-refractivity contribution is -0.297. The van der Waals surface area contributed by atoms with E-state index in [1.807, 2.05) is 0 Å². The smallest absolute Gasteiger partial charge is 0.249 e. The largest absolute Gasteiger partial charge is 0.545 e. The summed E-state index contributed by atoms with van der Waals surface area (Å²) in [6.07, 6.45) is 4.35. The summed E-state index contributed by atoms with van der Waals surface area (Å²) < 4.78 is 0. The number of carbonyl (C=O) groups excluding carboxylic acids is 2. The Balaban J connectivity index is 2.23. The van der Waals surface area contributed by atoms with Crippen LogP contribution in [0.25, 0.3) is 0 Å². The number of aliphatic carboxylic acids is 1. The molecule has 1 atom stereocenters. The summed E-state index contributed by atoms with van der Waals surface area (Å²) in [7, 11) is 0. The fraction of sp³-hybridized carbons (Fsp3) is 0.357. The van der Waals surface area contributed by atoms with E-state index in [4.69, 9.17) is 0 Å². The number of amides is 1. The zero-order valence-electron chi connectivity index (χ0n) is 10.9. The van der Waals surface area contributed by atoms with E-state index in [0.717, 1.165) is 35.8 Å². The predicted octanol–water partition coefficient (Wildman–Crippen LogP) is 0.989. The first kappa shape index (κ1) is 14.3. The number of fused-ring (bicyclic) bond motifs is 1. The van der Waals surface area contributed by atoms with Crippen LogP contribution in [0.3, 0.4) is 0 Å². The fourth-order valence-corrected chi connectivity index (χ4v) is 3.62. The molecule has 20 heavy (non-hydrogen) atoms. The molecule has 0 saturated heterocycles. The van der Waals surface area contributed by atoms with Gasteiger partial charge in [-0.2, -0.15) is 5.26 Å². The average molecular weight is 289 g/mol. The molecule has 1 heterocycles. The van der Waals surface area contributed by atoms with Crippen LogP contribution in [0, 0.1) is 17.2 Å². The van der Waals surface area contributed by atoms with Crippen molar-refractivity contribution in [3.63, 3.8) is 0 Å². The van der Waals surface area contributed by atoms with Gasteiger partial charge in [-0.3, -0.25) is 4.79 Å². The number of carbonyl (C=O) groups is 2. The Bertz CT molecular complexity index is 625. The summed E-state index contributed by atoms with van der Waals surface area (Å²) in [5, 5.41) is 22.6. The molecular weight excluding hydrogens is 276 g/mol. The minimum Gasteiger partial charge on any atom is -0.545 e. The quantitative estimate of drug-likeness (QED) is 0.840. The van der Waals surface area contributed by atoms with Gasteiger partial charge in [0, 0.05) is 11.0 Å². The van der Waals surface area contributed by atoms with Crippen LogP contribution in [0.4, 0.5) is 5.00 Å². The van der Waals surface area contributed by atoms with Crippen molar-refractivity contribution in [3.8, 4) is 6.07 Å². The third-order valence-electron chi connectivity index (χ3n) is 3.23. The Morgan fingerprint density at radius 1 is 1.50 bits per heavy atom. The highest BCUT2D eigenvalue weighted by Crippen LogP contribution is 2.39. The molecule has 104 valence electrons. The zero-order valence-corrected chi connectivity index (χ0v) is 11.8. The molecule has 1 aliphatic rings. The van der Waals surface area contributed by atoms with Gasteiger partial charge in [0.15, 0.2) is 0 Å². The van der Waals surface area contributed by atoms with E-state index in [1.54, 1.807) is 0 Å². The van der Waals surface area contributed by atoms with Crippen LogP contribution >= 0.6 is 11.3 Å². The number of rotatable bonds is 3. The molecule has 6 heteroatoms. The van der Waals surface area contributed by atoms with Gasteiger partial charge in [0.05, 0.1) is 11.5 Å². The molecule has 1 amide bonds. The molecule has 5 nitrogen and oxygen atoms in total. The Morgan fingerprint density at radius 2 is 2.25 bits per heavy atom. The number of anilines is 1. The maximum absolute atomic E-state index is 11.6. The van der Waals surface area contributed by atoms with Gasteiger partial charge in [-0.15, -0.1) is 11.3 Å². The topological polar surface area (TPSA) is 93.0 Å². The third-order valence-corrected chi connectivity index (χ3v) is 4.40. The van der Waals surface area contributed by atoms with Crippen LogP contribution in [-0.4, -0.2) is 11.9 Å². The molecule has 1 N–H and O–H groups in total. The second kappa shape index (κ2) is 5.88. The van der Waals surface area contributed by atoms with Crippen molar-refractivity contribution >= 4 is 28.2 Å². The van der Waals surface area contributed by atoms with E-state index < -0.39 is 11.9 Å². The minimum atomic E-state index is -1.43. The Hall–Kier alpha value is -2.13. The lowest BCUT2D eigenvalue weighted by atomic mass is 9.89. The third kappa shape index (κ3) is 3.06. The number of carboxylic acids is 1. The van der Waals surface area contributed by atoms with Gasteiger partial charge < -0.3 is 15.2 Å². The van der Waals surface area contributed by atoms with Gasteiger partial charge >= 0.3 is 0 Å². The van der Waals surface area contributed by atoms with Crippen LogP contribution in [0.15, 0.2) is 12.2 Å². The van der Waals surface area contributed by atoms with Crippen molar-refractivity contribution in [1.29, 1.82) is 5.26 Å². The van der Waals surface area contributed by atoms with Crippen molar-refractivity contribution in [2.75, 3.05) is 5.32 Å². The zero-order chi connectivity index (χ0) is 14.7. The molecule has 1 aliphatic carbocycles. The number of carboxylic acid groups (broad SMARTS) is 1. The molecule has 0 fully saturated rings. The first-order valence-electron chi connectivity index (χ1n) is 6.26. The average Bonchev–Trinajstić information content (AvgIpc) is 2.72. The second-order valence-electron chi connectivity index (χ2n) is 4.81. The molecule has 0 bridgehead atoms. The second-order valence-corrected chi connectivity index (χ2v) is 5.91. The Kier molecular flexibility index (Phi) is 4.20. The maximum atomic E-state index is 11.6. The normalized spacial score (nSPS) is 17.5. The number of hydrogen-bond acceptors (Lipinski definition) is 5. The molecule has 1 aromatic heterocycles. The Morgan fingerprint density at radius 3 is 2.90 bits per heavy atom. The standard InChI is InChI=1S/C14H14N2O3S/c1-8-2-3-9-10(7-15)14(20-11(9)6-8)16-12(17)4-5-13(18)19/h4-5,8H,2-3,6H2,1H3,(H,16,17)(H,18,19)/p-1/b5-4+/t8-/m0/s1. The van der Waals surface area contributed by atoms with Gasteiger partial charge in [-0.1, -0.05) is 6.92 Å². The number of nitrogens with zero attached hydrogens (tertiary/aromatic N) is 1. The summed E-state index contributed by atoms with van der Waals surface area (Å²) in [5.74, 6) is -1.42. The number of thiophene rings is 1. The van der Waals surface area contributed by atoms with Crippen LogP contribution in [0.1, 0.15) is 29.3 Å². The number of hydrogen-bond donors (Lipinski definition) is 1. The van der Waals surface area contributed by atoms with Crippen LogP contribution in [-0.2, 0) is 22.4 Å². The first-order valence-corrected chi connectivity index (χ1v) is 7.07. The van der Waals surface area contributed by atoms with Crippen LogP contribution < -0.4 is 10.4 Å². The van der Waals surface area contributed by atoms with Crippen molar-refractivity contribution in [2.24, 2.45) is 5.92 Å². The van der Waals surface area contributed by atoms with Gasteiger partial charge in [-0.25, -0.2) is 0 Å². The van der Waals surface area contributed by atoms with Crippen LogP contribution in [0.5, 0.6) is 0 Å². The van der Waals surface area contributed by atoms with E-state index in [1.165, 1.54) is 11.3 Å². The van der Waals surface area contributed by atoms with E-state index in [2.05, 4.69) is 18.3 Å². The maximum Gasteiger partial charge on any atom is 0.249 e. The highest BCUT2D eigenvalue weighted by atomic mass is 32.1. The summed E-state index contributed by atoms with van der Waals surface area (Å²) in [5.41, 5.74) is 1.53.